The number of rotatable bonds is 4. The summed E-state index contributed by atoms with van der Waals surface area (Å²) in [5.74, 6) is 2.62. The summed E-state index contributed by atoms with van der Waals surface area (Å²) in [5.41, 5.74) is 4.74. The van der Waals surface area contributed by atoms with Gasteiger partial charge in [0.05, 0.1) is 35.0 Å². The summed E-state index contributed by atoms with van der Waals surface area (Å²) in [7, 11) is 8.45. The molecular weight excluding hydrogens is 346 g/mol. The Kier molecular flexibility index (Phi) is 4.23. The van der Waals surface area contributed by atoms with Crippen molar-refractivity contribution in [2.45, 2.75) is 12.5 Å². The standard InChI is InChI=1S/C21H23NO5/c1-22-10-15(23)13-9-18(26-4)21(27-5)20-12-8-17(25-3)16(24-2)7-11(12)6-14(22)19(13)20/h7-9,14H,6,10H2,1-5H3. The van der Waals surface area contributed by atoms with Crippen molar-refractivity contribution in [3.05, 3.63) is 34.9 Å². The van der Waals surface area contributed by atoms with Crippen LogP contribution in [0.4, 0.5) is 0 Å². The quantitative estimate of drug-likeness (QED) is 0.825. The molecule has 6 nitrogen and oxygen atoms in total. The van der Waals surface area contributed by atoms with Crippen molar-refractivity contribution in [1.29, 1.82) is 0 Å². The third-order valence-corrected chi connectivity index (χ3v) is 5.56. The van der Waals surface area contributed by atoms with E-state index in [0.717, 1.165) is 28.7 Å². The predicted octanol–water partition coefficient (Wildman–Crippen LogP) is 3.11. The molecule has 2 aromatic carbocycles. The summed E-state index contributed by atoms with van der Waals surface area (Å²) < 4.78 is 22.3. The van der Waals surface area contributed by atoms with Crippen LogP contribution in [0.1, 0.15) is 27.5 Å². The van der Waals surface area contributed by atoms with E-state index in [1.54, 1.807) is 28.4 Å². The van der Waals surface area contributed by atoms with Gasteiger partial charge >= 0.3 is 0 Å². The summed E-state index contributed by atoms with van der Waals surface area (Å²) in [5, 5.41) is 0. The van der Waals surface area contributed by atoms with Gasteiger partial charge in [0.25, 0.3) is 0 Å². The average Bonchev–Trinajstić information content (AvgIpc) is 2.69. The lowest BCUT2D eigenvalue weighted by Crippen LogP contribution is -2.39. The highest BCUT2D eigenvalue weighted by Crippen LogP contribution is 2.53. The molecule has 0 aromatic heterocycles. The molecule has 0 bridgehead atoms. The zero-order chi connectivity index (χ0) is 19.3. The van der Waals surface area contributed by atoms with Crippen LogP contribution >= 0.6 is 0 Å². The second-order valence-corrected chi connectivity index (χ2v) is 6.87. The number of hydrogen-bond donors (Lipinski definition) is 0. The molecule has 27 heavy (non-hydrogen) atoms. The van der Waals surface area contributed by atoms with E-state index < -0.39 is 0 Å². The van der Waals surface area contributed by atoms with Crippen LogP contribution in [0, 0.1) is 0 Å². The number of carbonyl (C=O) groups excluding carboxylic acids is 1. The Balaban J connectivity index is 2.10. The monoisotopic (exact) mass is 369 g/mol. The van der Waals surface area contributed by atoms with Crippen LogP contribution in [-0.4, -0.2) is 52.7 Å². The van der Waals surface area contributed by atoms with Crippen LogP contribution in [0.5, 0.6) is 23.0 Å². The molecule has 2 aliphatic rings. The number of ether oxygens (including phenoxy) is 4. The van der Waals surface area contributed by atoms with Crippen molar-refractivity contribution in [2.75, 3.05) is 42.0 Å². The molecule has 1 aliphatic heterocycles. The molecule has 0 fully saturated rings. The number of fused-ring (bicyclic) bond motifs is 2. The molecule has 0 amide bonds. The highest BCUT2D eigenvalue weighted by molar-refractivity contribution is 6.04. The maximum Gasteiger partial charge on any atom is 0.177 e. The Morgan fingerprint density at radius 3 is 2.15 bits per heavy atom. The van der Waals surface area contributed by atoms with Gasteiger partial charge in [-0.15, -0.1) is 0 Å². The summed E-state index contributed by atoms with van der Waals surface area (Å²) in [4.78, 5) is 14.9. The van der Waals surface area contributed by atoms with Gasteiger partial charge in [-0.2, -0.15) is 0 Å². The SMILES string of the molecule is COc1cc2c(cc1OC)-c1c(OC)c(OC)cc3c1C(C2)N(C)CC3=O. The van der Waals surface area contributed by atoms with E-state index in [0.29, 0.717) is 35.1 Å². The minimum absolute atomic E-state index is 0.0925. The van der Waals surface area contributed by atoms with E-state index in [2.05, 4.69) is 4.90 Å². The third kappa shape index (κ3) is 2.47. The van der Waals surface area contributed by atoms with Crippen molar-refractivity contribution in [3.63, 3.8) is 0 Å². The first-order valence-corrected chi connectivity index (χ1v) is 8.81. The second-order valence-electron chi connectivity index (χ2n) is 6.87. The van der Waals surface area contributed by atoms with Crippen molar-refractivity contribution < 1.29 is 23.7 Å². The van der Waals surface area contributed by atoms with Crippen LogP contribution in [0.2, 0.25) is 0 Å². The summed E-state index contributed by atoms with van der Waals surface area (Å²) in [6.45, 7) is 0.384. The lowest BCUT2D eigenvalue weighted by atomic mass is 9.76. The number of benzene rings is 2. The van der Waals surface area contributed by atoms with Gasteiger partial charge in [0, 0.05) is 17.2 Å². The first-order chi connectivity index (χ1) is 13.0. The molecular formula is C21H23NO5. The van der Waals surface area contributed by atoms with Crippen molar-refractivity contribution >= 4 is 5.78 Å². The van der Waals surface area contributed by atoms with Gasteiger partial charge < -0.3 is 18.9 Å². The number of hydrogen-bond acceptors (Lipinski definition) is 6. The van der Waals surface area contributed by atoms with Gasteiger partial charge in [0.15, 0.2) is 28.8 Å². The first-order valence-electron chi connectivity index (χ1n) is 8.81. The largest absolute Gasteiger partial charge is 0.493 e. The van der Waals surface area contributed by atoms with Crippen LogP contribution < -0.4 is 18.9 Å². The molecule has 2 aromatic rings. The highest BCUT2D eigenvalue weighted by Gasteiger charge is 2.39. The fourth-order valence-electron chi connectivity index (χ4n) is 4.28. The predicted molar refractivity (Wildman–Crippen MR) is 101 cm³/mol. The Morgan fingerprint density at radius 1 is 0.889 bits per heavy atom. The average molecular weight is 369 g/mol. The summed E-state index contributed by atoms with van der Waals surface area (Å²) in [6, 6.07) is 5.88. The topological polar surface area (TPSA) is 57.2 Å². The van der Waals surface area contributed by atoms with Gasteiger partial charge in [0.1, 0.15) is 0 Å². The van der Waals surface area contributed by atoms with E-state index in [1.165, 1.54) is 0 Å². The van der Waals surface area contributed by atoms with Gasteiger partial charge in [-0.25, -0.2) is 0 Å². The molecule has 0 radical (unpaired) electrons. The zero-order valence-electron chi connectivity index (χ0n) is 16.2. The van der Waals surface area contributed by atoms with E-state index in [1.807, 2.05) is 25.2 Å². The van der Waals surface area contributed by atoms with Crippen LogP contribution in [0.15, 0.2) is 18.2 Å². The Labute approximate surface area is 158 Å². The van der Waals surface area contributed by atoms with Gasteiger partial charge in [-0.3, -0.25) is 9.69 Å². The Bertz CT molecular complexity index is 937. The smallest absolute Gasteiger partial charge is 0.177 e. The molecule has 0 N–H and O–H groups in total. The number of Topliss-reactive ketones (excluding diaryl/α,β-unsaturated/α-hetero) is 1. The molecule has 6 heteroatoms. The molecule has 0 saturated carbocycles. The third-order valence-electron chi connectivity index (χ3n) is 5.56. The number of ketones is 1. The number of methoxy groups -OCH3 is 4. The first kappa shape index (κ1) is 17.7. The van der Waals surface area contributed by atoms with Crippen molar-refractivity contribution in [2.24, 2.45) is 0 Å². The number of nitrogens with zero attached hydrogens (tertiary/aromatic N) is 1. The molecule has 1 heterocycles. The molecule has 1 unspecified atom stereocenters. The van der Waals surface area contributed by atoms with E-state index in [4.69, 9.17) is 18.9 Å². The fourth-order valence-corrected chi connectivity index (χ4v) is 4.28. The lowest BCUT2D eigenvalue weighted by Gasteiger charge is -2.40. The molecule has 1 atom stereocenters. The summed E-state index contributed by atoms with van der Waals surface area (Å²) >= 11 is 0. The van der Waals surface area contributed by atoms with Crippen molar-refractivity contribution in [3.8, 4) is 34.1 Å². The highest BCUT2D eigenvalue weighted by atomic mass is 16.5. The Hall–Kier alpha value is -2.73. The molecule has 1 aliphatic carbocycles. The summed E-state index contributed by atoms with van der Waals surface area (Å²) in [6.07, 6.45) is 0.787. The van der Waals surface area contributed by atoms with Crippen LogP contribution in [0.25, 0.3) is 11.1 Å². The minimum Gasteiger partial charge on any atom is -0.493 e. The number of likely N-dealkylation sites (N-methyl/N-ethyl adjacent to an activating group) is 1. The second kappa shape index (κ2) is 6.46. The zero-order valence-corrected chi connectivity index (χ0v) is 16.2. The molecule has 142 valence electrons. The molecule has 4 rings (SSSR count). The fraction of sp³-hybridized carbons (Fsp3) is 0.381. The van der Waals surface area contributed by atoms with E-state index >= 15 is 0 Å². The van der Waals surface area contributed by atoms with E-state index in [9.17, 15) is 4.79 Å². The van der Waals surface area contributed by atoms with Crippen LogP contribution in [-0.2, 0) is 6.42 Å². The van der Waals surface area contributed by atoms with Crippen LogP contribution in [0.3, 0.4) is 0 Å². The Morgan fingerprint density at radius 2 is 1.52 bits per heavy atom. The van der Waals surface area contributed by atoms with Gasteiger partial charge in [-0.1, -0.05) is 0 Å². The molecule has 0 saturated heterocycles. The van der Waals surface area contributed by atoms with Gasteiger partial charge in [-0.05, 0) is 48.4 Å². The normalized spacial score (nSPS) is 17.8. The molecule has 0 spiro atoms. The van der Waals surface area contributed by atoms with Gasteiger partial charge in [0.2, 0.25) is 0 Å². The van der Waals surface area contributed by atoms with Crippen molar-refractivity contribution in [1.82, 2.24) is 4.90 Å². The number of carbonyl (C=O) groups is 1. The maximum atomic E-state index is 12.8. The van der Waals surface area contributed by atoms with E-state index in [-0.39, 0.29) is 11.8 Å². The lowest BCUT2D eigenvalue weighted by molar-refractivity contribution is 0.0884. The maximum absolute atomic E-state index is 12.8. The minimum atomic E-state index is 0.0925.